The van der Waals surface area contributed by atoms with Crippen molar-refractivity contribution in [3.8, 4) is 11.1 Å². The van der Waals surface area contributed by atoms with E-state index < -0.39 is 6.09 Å². The summed E-state index contributed by atoms with van der Waals surface area (Å²) in [6, 6.07) is 24.7. The highest BCUT2D eigenvalue weighted by molar-refractivity contribution is 5.79. The van der Waals surface area contributed by atoms with Crippen LogP contribution in [0.25, 0.3) is 23.3 Å². The van der Waals surface area contributed by atoms with E-state index >= 15 is 0 Å². The first kappa shape index (κ1) is 18.8. The lowest BCUT2D eigenvalue weighted by Gasteiger charge is -2.14. The van der Waals surface area contributed by atoms with Crippen molar-refractivity contribution >= 4 is 18.2 Å². The average molecular weight is 381 g/mol. The van der Waals surface area contributed by atoms with E-state index in [1.165, 1.54) is 22.3 Å². The molecule has 3 aromatic carbocycles. The molecule has 1 aliphatic carbocycles. The van der Waals surface area contributed by atoms with Crippen molar-refractivity contribution in [2.24, 2.45) is 0 Å². The van der Waals surface area contributed by atoms with Crippen molar-refractivity contribution < 1.29 is 9.53 Å². The van der Waals surface area contributed by atoms with Crippen LogP contribution in [0.15, 0.2) is 85.5 Å². The third kappa shape index (κ3) is 4.14. The van der Waals surface area contributed by atoms with Gasteiger partial charge < -0.3 is 10.1 Å². The van der Waals surface area contributed by atoms with Gasteiger partial charge in [-0.25, -0.2) is 4.79 Å². The van der Waals surface area contributed by atoms with Crippen LogP contribution in [-0.4, -0.2) is 19.2 Å². The maximum atomic E-state index is 12.2. The van der Waals surface area contributed by atoms with Gasteiger partial charge >= 0.3 is 6.09 Å². The Morgan fingerprint density at radius 2 is 1.59 bits per heavy atom. The van der Waals surface area contributed by atoms with Gasteiger partial charge in [-0.3, -0.25) is 0 Å². The molecule has 0 bridgehead atoms. The number of ether oxygens (including phenoxy) is 1. The number of alkyl carbamates (subject to hydrolysis) is 1. The lowest BCUT2D eigenvalue weighted by atomic mass is 9.98. The summed E-state index contributed by atoms with van der Waals surface area (Å²) in [5.74, 6) is 0.0744. The molecular weight excluding hydrogens is 358 g/mol. The van der Waals surface area contributed by atoms with Crippen molar-refractivity contribution in [3.63, 3.8) is 0 Å². The summed E-state index contributed by atoms with van der Waals surface area (Å²) in [4.78, 5) is 12.2. The molecule has 0 spiro atoms. The van der Waals surface area contributed by atoms with E-state index in [-0.39, 0.29) is 5.92 Å². The molecule has 0 atom stereocenters. The summed E-state index contributed by atoms with van der Waals surface area (Å²) in [5.41, 5.74) is 7.00. The number of carbonyl (C=O) groups is 1. The van der Waals surface area contributed by atoms with Crippen molar-refractivity contribution in [3.05, 3.63) is 108 Å². The quantitative estimate of drug-likeness (QED) is 0.579. The van der Waals surface area contributed by atoms with Crippen LogP contribution in [0, 0.1) is 0 Å². The first-order chi connectivity index (χ1) is 14.3. The molecule has 3 nitrogen and oxygen atoms in total. The number of amides is 1. The molecule has 1 aliphatic rings. The third-order valence-electron chi connectivity index (χ3n) is 5.16. The van der Waals surface area contributed by atoms with Crippen molar-refractivity contribution in [1.82, 2.24) is 5.32 Å². The Bertz CT molecular complexity index is 1020. The fraction of sp³-hybridized carbons (Fsp3) is 0.115. The molecule has 0 aliphatic heterocycles. The zero-order valence-electron chi connectivity index (χ0n) is 16.2. The van der Waals surface area contributed by atoms with Crippen LogP contribution >= 0.6 is 0 Å². The van der Waals surface area contributed by atoms with Gasteiger partial charge in [0.1, 0.15) is 6.61 Å². The topological polar surface area (TPSA) is 38.3 Å². The largest absolute Gasteiger partial charge is 0.449 e. The number of rotatable bonds is 6. The van der Waals surface area contributed by atoms with Crippen LogP contribution in [-0.2, 0) is 4.74 Å². The Kier molecular flexibility index (Phi) is 5.57. The van der Waals surface area contributed by atoms with Crippen LogP contribution < -0.4 is 5.32 Å². The normalized spacial score (nSPS) is 12.4. The van der Waals surface area contributed by atoms with E-state index in [0.29, 0.717) is 13.2 Å². The summed E-state index contributed by atoms with van der Waals surface area (Å²) >= 11 is 0. The molecule has 0 fully saturated rings. The molecule has 0 radical (unpaired) electrons. The molecule has 0 unspecified atom stereocenters. The molecule has 29 heavy (non-hydrogen) atoms. The fourth-order valence-electron chi connectivity index (χ4n) is 3.78. The Morgan fingerprint density at radius 3 is 2.28 bits per heavy atom. The second-order valence-electron chi connectivity index (χ2n) is 6.98. The molecule has 144 valence electrons. The van der Waals surface area contributed by atoms with Gasteiger partial charge in [0, 0.05) is 12.5 Å². The average Bonchev–Trinajstić information content (AvgIpc) is 3.09. The minimum absolute atomic E-state index is 0.0744. The van der Waals surface area contributed by atoms with E-state index in [4.69, 9.17) is 4.74 Å². The molecule has 4 rings (SSSR count). The first-order valence-electron chi connectivity index (χ1n) is 9.74. The summed E-state index contributed by atoms with van der Waals surface area (Å²) in [7, 11) is 0. The lowest BCUT2D eigenvalue weighted by Crippen LogP contribution is -2.26. The lowest BCUT2D eigenvalue weighted by molar-refractivity contribution is 0.144. The van der Waals surface area contributed by atoms with E-state index in [2.05, 4.69) is 36.2 Å². The maximum Gasteiger partial charge on any atom is 0.407 e. The van der Waals surface area contributed by atoms with Gasteiger partial charge in [0.15, 0.2) is 0 Å². The number of nitrogens with one attached hydrogen (secondary N) is 1. The smallest absolute Gasteiger partial charge is 0.407 e. The summed E-state index contributed by atoms with van der Waals surface area (Å²) in [5, 5.41) is 2.79. The van der Waals surface area contributed by atoms with Crippen molar-refractivity contribution in [2.45, 2.75) is 5.92 Å². The second kappa shape index (κ2) is 8.61. The molecule has 1 amide bonds. The number of fused-ring (bicyclic) bond motifs is 3. The fourth-order valence-corrected chi connectivity index (χ4v) is 3.78. The van der Waals surface area contributed by atoms with Crippen molar-refractivity contribution in [1.29, 1.82) is 0 Å². The number of hydrogen-bond acceptors (Lipinski definition) is 2. The van der Waals surface area contributed by atoms with Gasteiger partial charge in [-0.1, -0.05) is 91.5 Å². The zero-order chi connectivity index (χ0) is 20.1. The highest BCUT2D eigenvalue weighted by atomic mass is 16.5. The zero-order valence-corrected chi connectivity index (χ0v) is 16.2. The van der Waals surface area contributed by atoms with Gasteiger partial charge in [-0.05, 0) is 39.4 Å². The van der Waals surface area contributed by atoms with Gasteiger partial charge in [0.2, 0.25) is 0 Å². The second-order valence-corrected chi connectivity index (χ2v) is 6.98. The summed E-state index contributed by atoms with van der Waals surface area (Å²) in [6.45, 7) is 4.51. The highest BCUT2D eigenvalue weighted by Crippen LogP contribution is 2.44. The van der Waals surface area contributed by atoms with Crippen LogP contribution in [0.2, 0.25) is 0 Å². The Labute approximate surface area is 171 Å². The van der Waals surface area contributed by atoms with E-state index in [9.17, 15) is 4.79 Å². The first-order valence-corrected chi connectivity index (χ1v) is 9.74. The standard InChI is InChI=1S/C26H23NO2/c1-2-19-9-7-10-20(17-19)11-8-16-27-26(28)29-18-25-23-14-5-3-12-21(23)22-13-4-6-15-24(22)25/h2-15,17,25H,1,16,18H2,(H,27,28). The third-order valence-corrected chi connectivity index (χ3v) is 5.16. The molecular formula is C26H23NO2. The molecule has 0 aromatic heterocycles. The number of hydrogen-bond donors (Lipinski definition) is 1. The molecule has 0 heterocycles. The van der Waals surface area contributed by atoms with Gasteiger partial charge in [0.05, 0.1) is 0 Å². The minimum Gasteiger partial charge on any atom is -0.449 e. The molecule has 0 saturated carbocycles. The Hall–Kier alpha value is -3.59. The van der Waals surface area contributed by atoms with Gasteiger partial charge in [0.25, 0.3) is 0 Å². The van der Waals surface area contributed by atoms with Crippen LogP contribution in [0.5, 0.6) is 0 Å². The predicted octanol–water partition coefficient (Wildman–Crippen LogP) is 5.88. The van der Waals surface area contributed by atoms with Crippen molar-refractivity contribution in [2.75, 3.05) is 13.2 Å². The highest BCUT2D eigenvalue weighted by Gasteiger charge is 2.28. The van der Waals surface area contributed by atoms with Gasteiger partial charge in [-0.2, -0.15) is 0 Å². The van der Waals surface area contributed by atoms with Gasteiger partial charge in [-0.15, -0.1) is 0 Å². The maximum absolute atomic E-state index is 12.2. The minimum atomic E-state index is -0.406. The summed E-state index contributed by atoms with van der Waals surface area (Å²) < 4.78 is 5.53. The van der Waals surface area contributed by atoms with Crippen LogP contribution in [0.3, 0.4) is 0 Å². The SMILES string of the molecule is C=Cc1cccc(C=CCNC(=O)OCC2c3ccccc3-c3ccccc32)c1. The van der Waals surface area contributed by atoms with E-state index in [1.807, 2.05) is 66.8 Å². The molecule has 3 heteroatoms. The Balaban J connectivity index is 1.33. The molecule has 1 N–H and O–H groups in total. The molecule has 0 saturated heterocycles. The molecule has 3 aromatic rings. The Morgan fingerprint density at radius 1 is 0.931 bits per heavy atom. The van der Waals surface area contributed by atoms with E-state index in [0.717, 1.165) is 11.1 Å². The van der Waals surface area contributed by atoms with Crippen LogP contribution in [0.4, 0.5) is 4.79 Å². The number of benzene rings is 3. The van der Waals surface area contributed by atoms with E-state index in [1.54, 1.807) is 0 Å². The number of carbonyl (C=O) groups excluding carboxylic acids is 1. The summed E-state index contributed by atoms with van der Waals surface area (Å²) in [6.07, 6.45) is 5.28. The monoisotopic (exact) mass is 381 g/mol. The van der Waals surface area contributed by atoms with Crippen LogP contribution in [0.1, 0.15) is 28.2 Å². The predicted molar refractivity (Wildman–Crippen MR) is 119 cm³/mol.